The molecule has 0 atom stereocenters. The van der Waals surface area contributed by atoms with Gasteiger partial charge in [0.15, 0.2) is 0 Å². The molecule has 7 heteroatoms. The van der Waals surface area contributed by atoms with Crippen molar-refractivity contribution in [1.82, 2.24) is 0 Å². The summed E-state index contributed by atoms with van der Waals surface area (Å²) < 4.78 is 4.98. The number of hydrogen-bond donors (Lipinski definition) is 1. The number of nitrogens with zero attached hydrogens (tertiary/aromatic N) is 1. The van der Waals surface area contributed by atoms with Crippen LogP contribution in [0.1, 0.15) is 32.3 Å². The normalized spacial score (nSPS) is 10.6. The second-order valence-electron chi connectivity index (χ2n) is 4.90. The van der Waals surface area contributed by atoms with Crippen LogP contribution in [-0.4, -0.2) is 26.0 Å². The fraction of sp³-hybridized carbons (Fsp3) is 0.333. The predicted molar refractivity (Wildman–Crippen MR) is 87.9 cm³/mol. The standard InChI is InChI=1S/C15H15NO4S2/c1-15(2,9-16)22-14(21)10-3-5-11(6-4-10)20-13(19)8-7-12(17)18/h3-6H,7-8H2,1-2H3,(H,17,18). The Morgan fingerprint density at radius 3 is 2.41 bits per heavy atom. The molecule has 5 nitrogen and oxygen atoms in total. The molecule has 0 saturated carbocycles. The second-order valence-corrected chi connectivity index (χ2v) is 7.20. The summed E-state index contributed by atoms with van der Waals surface area (Å²) in [7, 11) is 0. The van der Waals surface area contributed by atoms with E-state index in [9.17, 15) is 9.59 Å². The number of carbonyl (C=O) groups is 2. The first-order valence-corrected chi connectivity index (χ1v) is 7.63. The van der Waals surface area contributed by atoms with Gasteiger partial charge in [-0.05, 0) is 43.7 Å². The Morgan fingerprint density at radius 1 is 1.32 bits per heavy atom. The lowest BCUT2D eigenvalue weighted by Crippen LogP contribution is -2.14. The van der Waals surface area contributed by atoms with E-state index < -0.39 is 16.7 Å². The molecule has 1 aromatic carbocycles. The van der Waals surface area contributed by atoms with Crippen molar-refractivity contribution in [3.63, 3.8) is 0 Å². The molecule has 0 aromatic heterocycles. The van der Waals surface area contributed by atoms with Gasteiger partial charge in [0.05, 0.1) is 23.1 Å². The molecule has 0 fully saturated rings. The van der Waals surface area contributed by atoms with E-state index in [-0.39, 0.29) is 12.8 Å². The van der Waals surface area contributed by atoms with Crippen molar-refractivity contribution in [1.29, 1.82) is 5.26 Å². The van der Waals surface area contributed by atoms with E-state index in [0.717, 1.165) is 5.56 Å². The van der Waals surface area contributed by atoms with Crippen molar-refractivity contribution in [2.75, 3.05) is 0 Å². The zero-order chi connectivity index (χ0) is 16.8. The summed E-state index contributed by atoms with van der Waals surface area (Å²) in [4.78, 5) is 21.8. The van der Waals surface area contributed by atoms with E-state index in [2.05, 4.69) is 6.07 Å². The molecule has 0 aliphatic carbocycles. The van der Waals surface area contributed by atoms with E-state index in [1.807, 2.05) is 0 Å². The van der Waals surface area contributed by atoms with Gasteiger partial charge >= 0.3 is 11.9 Å². The van der Waals surface area contributed by atoms with Gasteiger partial charge in [0.2, 0.25) is 0 Å². The Hall–Kier alpha value is -1.91. The number of ether oxygens (including phenoxy) is 1. The number of thiocarbonyl (C=S) groups is 1. The van der Waals surface area contributed by atoms with Gasteiger partial charge in [-0.1, -0.05) is 24.0 Å². The van der Waals surface area contributed by atoms with Crippen LogP contribution in [0.25, 0.3) is 0 Å². The number of benzene rings is 1. The number of hydrogen-bond acceptors (Lipinski definition) is 6. The Balaban J connectivity index is 2.63. The van der Waals surface area contributed by atoms with Crippen LogP contribution in [0.3, 0.4) is 0 Å². The third-order valence-corrected chi connectivity index (χ3v) is 3.99. The number of aliphatic carboxylic acids is 1. The molecule has 1 N–H and O–H groups in total. The fourth-order valence-electron chi connectivity index (χ4n) is 1.36. The van der Waals surface area contributed by atoms with Crippen molar-refractivity contribution in [2.45, 2.75) is 31.4 Å². The van der Waals surface area contributed by atoms with Crippen LogP contribution >= 0.6 is 24.0 Å². The Bertz CT molecular complexity index is 617. The van der Waals surface area contributed by atoms with E-state index in [1.165, 1.54) is 11.8 Å². The van der Waals surface area contributed by atoms with E-state index >= 15 is 0 Å². The highest BCUT2D eigenvalue weighted by molar-refractivity contribution is 8.24. The van der Waals surface area contributed by atoms with Gasteiger partial charge < -0.3 is 9.84 Å². The zero-order valence-corrected chi connectivity index (χ0v) is 13.8. The average Bonchev–Trinajstić information content (AvgIpc) is 2.45. The zero-order valence-electron chi connectivity index (χ0n) is 12.2. The summed E-state index contributed by atoms with van der Waals surface area (Å²) in [6, 6.07) is 8.72. The van der Waals surface area contributed by atoms with Gasteiger partial charge in [-0.15, -0.1) is 0 Å². The number of rotatable bonds is 6. The summed E-state index contributed by atoms with van der Waals surface area (Å²) in [6.45, 7) is 3.56. The maximum atomic E-state index is 11.4. The smallest absolute Gasteiger partial charge is 0.311 e. The van der Waals surface area contributed by atoms with Gasteiger partial charge in [0.1, 0.15) is 10.5 Å². The van der Waals surface area contributed by atoms with Crippen molar-refractivity contribution < 1.29 is 19.4 Å². The molecule has 0 spiro atoms. The van der Waals surface area contributed by atoms with Gasteiger partial charge in [0.25, 0.3) is 0 Å². The first-order valence-electron chi connectivity index (χ1n) is 6.40. The summed E-state index contributed by atoms with van der Waals surface area (Å²) in [5.41, 5.74) is 0.758. The third kappa shape index (κ3) is 6.24. The van der Waals surface area contributed by atoms with Crippen molar-refractivity contribution in [3.05, 3.63) is 29.8 Å². The molecule has 1 aromatic rings. The van der Waals surface area contributed by atoms with Gasteiger partial charge in [-0.2, -0.15) is 5.26 Å². The van der Waals surface area contributed by atoms with Crippen molar-refractivity contribution in [2.24, 2.45) is 0 Å². The molecule has 0 aliphatic heterocycles. The molecular formula is C15H15NO4S2. The monoisotopic (exact) mass is 337 g/mol. The first kappa shape index (κ1) is 18.1. The quantitative estimate of drug-likeness (QED) is 0.484. The SMILES string of the molecule is CC(C)(C#N)SC(=S)c1ccc(OC(=O)CCC(=O)O)cc1. The Kier molecular flexibility index (Phi) is 6.53. The van der Waals surface area contributed by atoms with Gasteiger partial charge in [-0.25, -0.2) is 0 Å². The van der Waals surface area contributed by atoms with Crippen molar-refractivity contribution in [3.8, 4) is 11.8 Å². The maximum absolute atomic E-state index is 11.4. The predicted octanol–water partition coefficient (Wildman–Crippen LogP) is 3.17. The van der Waals surface area contributed by atoms with Crippen LogP contribution in [0.15, 0.2) is 24.3 Å². The molecule has 0 bridgehead atoms. The number of thioether (sulfide) groups is 1. The highest BCUT2D eigenvalue weighted by atomic mass is 32.2. The maximum Gasteiger partial charge on any atom is 0.311 e. The molecule has 0 unspecified atom stereocenters. The first-order chi connectivity index (χ1) is 10.2. The van der Waals surface area contributed by atoms with Crippen LogP contribution < -0.4 is 4.74 Å². The number of carboxylic acid groups (broad SMARTS) is 1. The molecule has 0 aliphatic rings. The summed E-state index contributed by atoms with van der Waals surface area (Å²) in [5.74, 6) is -1.32. The number of carbonyl (C=O) groups excluding carboxylic acids is 1. The Labute approximate surface area is 138 Å². The van der Waals surface area contributed by atoms with Crippen molar-refractivity contribution >= 4 is 40.1 Å². The van der Waals surface area contributed by atoms with Crippen LogP contribution in [0.5, 0.6) is 5.75 Å². The number of nitriles is 1. The van der Waals surface area contributed by atoms with E-state index in [0.29, 0.717) is 9.95 Å². The fourth-order valence-corrected chi connectivity index (χ4v) is 2.89. The lowest BCUT2D eigenvalue weighted by atomic mass is 10.2. The van der Waals surface area contributed by atoms with E-state index in [4.69, 9.17) is 27.3 Å². The van der Waals surface area contributed by atoms with Crippen LogP contribution in [-0.2, 0) is 9.59 Å². The third-order valence-electron chi connectivity index (χ3n) is 2.48. The molecule has 1 rings (SSSR count). The summed E-state index contributed by atoms with van der Waals surface area (Å²) in [6.07, 6.45) is -0.442. The van der Waals surface area contributed by atoms with Crippen LogP contribution in [0.2, 0.25) is 0 Å². The van der Waals surface area contributed by atoms with Gasteiger partial charge in [0, 0.05) is 0 Å². The topological polar surface area (TPSA) is 87.4 Å². The second kappa shape index (κ2) is 7.92. The molecule has 0 radical (unpaired) electrons. The minimum absolute atomic E-state index is 0.179. The molecule has 116 valence electrons. The minimum atomic E-state index is -1.05. The molecular weight excluding hydrogens is 322 g/mol. The van der Waals surface area contributed by atoms with Gasteiger partial charge in [-0.3, -0.25) is 9.59 Å². The highest BCUT2D eigenvalue weighted by Crippen LogP contribution is 2.28. The average molecular weight is 337 g/mol. The number of esters is 1. The summed E-state index contributed by atoms with van der Waals surface area (Å²) >= 11 is 6.56. The minimum Gasteiger partial charge on any atom is -0.481 e. The molecule has 0 amide bonds. The van der Waals surface area contributed by atoms with Crippen LogP contribution in [0, 0.1) is 11.3 Å². The largest absolute Gasteiger partial charge is 0.481 e. The Morgan fingerprint density at radius 2 is 1.91 bits per heavy atom. The molecule has 22 heavy (non-hydrogen) atoms. The highest BCUT2D eigenvalue weighted by Gasteiger charge is 2.20. The summed E-state index contributed by atoms with van der Waals surface area (Å²) in [5, 5.41) is 17.5. The number of carboxylic acids is 1. The molecule has 0 heterocycles. The van der Waals surface area contributed by atoms with Crippen LogP contribution in [0.4, 0.5) is 0 Å². The van der Waals surface area contributed by atoms with E-state index in [1.54, 1.807) is 38.1 Å². The lowest BCUT2D eigenvalue weighted by Gasteiger charge is -2.15. The lowest BCUT2D eigenvalue weighted by molar-refractivity contribution is -0.142. The molecule has 0 saturated heterocycles.